The van der Waals surface area contributed by atoms with Crippen LogP contribution in [0.15, 0.2) is 12.1 Å². The molecule has 112 valence electrons. The van der Waals surface area contributed by atoms with E-state index in [4.69, 9.17) is 5.73 Å². The van der Waals surface area contributed by atoms with Crippen molar-refractivity contribution in [2.75, 3.05) is 11.9 Å². The number of rotatable bonds is 3. The monoisotopic (exact) mass is 308 g/mol. The fraction of sp³-hybridized carbons (Fsp3) is 0.462. The number of carbonyl (C=O) groups is 1. The van der Waals surface area contributed by atoms with E-state index >= 15 is 0 Å². The maximum atomic E-state index is 13.1. The minimum atomic E-state index is -1.55. The molecule has 1 aromatic rings. The number of halogens is 4. The predicted octanol–water partition coefficient (Wildman–Crippen LogP) is 2.98. The first-order chi connectivity index (χ1) is 8.98. The third-order valence-corrected chi connectivity index (χ3v) is 3.67. The van der Waals surface area contributed by atoms with E-state index in [0.717, 1.165) is 25.0 Å². The number of carbonyl (C=O) groups excluding carboxylic acids is 1. The second kappa shape index (κ2) is 6.45. The van der Waals surface area contributed by atoms with Crippen molar-refractivity contribution in [1.82, 2.24) is 0 Å². The molecule has 0 unspecified atom stereocenters. The summed E-state index contributed by atoms with van der Waals surface area (Å²) in [5.74, 6) is -4.57. The highest BCUT2D eigenvalue weighted by atomic mass is 35.5. The topological polar surface area (TPSA) is 55.1 Å². The first kappa shape index (κ1) is 16.8. The molecule has 0 spiro atoms. The standard InChI is InChI=1S/C13H15F3N2O.ClH/c14-9-5-8(6-10(15)11(9)16)18-12(19)13(7-17)3-1-2-4-13;/h5-6H,1-4,7,17H2,(H,18,19);1H. The Balaban J connectivity index is 0.00000200. The third kappa shape index (κ3) is 3.07. The van der Waals surface area contributed by atoms with Crippen molar-refractivity contribution in [2.24, 2.45) is 11.1 Å². The van der Waals surface area contributed by atoms with Gasteiger partial charge in [-0.1, -0.05) is 12.8 Å². The molecule has 0 bridgehead atoms. The lowest BCUT2D eigenvalue weighted by atomic mass is 9.85. The highest BCUT2D eigenvalue weighted by Crippen LogP contribution is 2.38. The lowest BCUT2D eigenvalue weighted by Gasteiger charge is -2.25. The number of nitrogens with two attached hydrogens (primary N) is 1. The van der Waals surface area contributed by atoms with Crippen LogP contribution in [-0.2, 0) is 4.79 Å². The second-order valence-electron chi connectivity index (χ2n) is 4.90. The van der Waals surface area contributed by atoms with Crippen molar-refractivity contribution in [3.63, 3.8) is 0 Å². The largest absolute Gasteiger partial charge is 0.329 e. The highest BCUT2D eigenvalue weighted by molar-refractivity contribution is 5.95. The number of nitrogens with one attached hydrogen (secondary N) is 1. The van der Waals surface area contributed by atoms with Crippen LogP contribution in [0.1, 0.15) is 25.7 Å². The van der Waals surface area contributed by atoms with E-state index in [1.807, 2.05) is 0 Å². The molecule has 20 heavy (non-hydrogen) atoms. The molecule has 3 N–H and O–H groups in total. The van der Waals surface area contributed by atoms with Gasteiger partial charge in [0.2, 0.25) is 5.91 Å². The third-order valence-electron chi connectivity index (χ3n) is 3.67. The highest BCUT2D eigenvalue weighted by Gasteiger charge is 2.39. The summed E-state index contributed by atoms with van der Waals surface area (Å²) >= 11 is 0. The summed E-state index contributed by atoms with van der Waals surface area (Å²) in [6.45, 7) is 0.186. The molecule has 0 saturated heterocycles. The Morgan fingerprint density at radius 3 is 2.15 bits per heavy atom. The Kier molecular flexibility index (Phi) is 5.42. The van der Waals surface area contributed by atoms with Crippen LogP contribution in [0.3, 0.4) is 0 Å². The summed E-state index contributed by atoms with van der Waals surface area (Å²) in [4.78, 5) is 12.1. The SMILES string of the molecule is Cl.NCC1(C(=O)Nc2cc(F)c(F)c(F)c2)CCCC1. The fourth-order valence-corrected chi connectivity index (χ4v) is 2.47. The van der Waals surface area contributed by atoms with E-state index in [-0.39, 0.29) is 30.5 Å². The van der Waals surface area contributed by atoms with Gasteiger partial charge in [-0.2, -0.15) is 0 Å². The van der Waals surface area contributed by atoms with Crippen LogP contribution in [-0.4, -0.2) is 12.5 Å². The van der Waals surface area contributed by atoms with E-state index in [9.17, 15) is 18.0 Å². The van der Waals surface area contributed by atoms with Crippen LogP contribution in [0.5, 0.6) is 0 Å². The van der Waals surface area contributed by atoms with Crippen molar-refractivity contribution in [3.05, 3.63) is 29.6 Å². The van der Waals surface area contributed by atoms with Gasteiger partial charge in [-0.3, -0.25) is 4.79 Å². The molecule has 0 aromatic heterocycles. The van der Waals surface area contributed by atoms with Gasteiger partial charge in [0.15, 0.2) is 17.5 Å². The molecule has 1 fully saturated rings. The van der Waals surface area contributed by atoms with Crippen molar-refractivity contribution in [2.45, 2.75) is 25.7 Å². The molecule has 7 heteroatoms. The van der Waals surface area contributed by atoms with Crippen LogP contribution < -0.4 is 11.1 Å². The lowest BCUT2D eigenvalue weighted by Crippen LogP contribution is -2.40. The van der Waals surface area contributed by atoms with Gasteiger partial charge in [-0.05, 0) is 12.8 Å². The van der Waals surface area contributed by atoms with Gasteiger partial charge in [0.05, 0.1) is 5.41 Å². The molecule has 1 saturated carbocycles. The van der Waals surface area contributed by atoms with Gasteiger partial charge in [-0.15, -0.1) is 12.4 Å². The van der Waals surface area contributed by atoms with E-state index in [2.05, 4.69) is 5.32 Å². The Labute approximate surface area is 121 Å². The Bertz CT molecular complexity index is 481. The second-order valence-corrected chi connectivity index (χ2v) is 4.90. The number of anilines is 1. The summed E-state index contributed by atoms with van der Waals surface area (Å²) in [6.07, 6.45) is 3.11. The minimum Gasteiger partial charge on any atom is -0.329 e. The minimum absolute atomic E-state index is 0. The molecule has 0 heterocycles. The maximum absolute atomic E-state index is 13.1. The normalized spacial score (nSPS) is 16.6. The van der Waals surface area contributed by atoms with E-state index in [1.54, 1.807) is 0 Å². The van der Waals surface area contributed by atoms with E-state index < -0.39 is 22.9 Å². The van der Waals surface area contributed by atoms with E-state index in [1.165, 1.54) is 0 Å². The van der Waals surface area contributed by atoms with Crippen molar-refractivity contribution < 1.29 is 18.0 Å². The molecular formula is C13H16ClF3N2O. The summed E-state index contributed by atoms with van der Waals surface area (Å²) in [5, 5.41) is 2.42. The van der Waals surface area contributed by atoms with Gasteiger partial charge < -0.3 is 11.1 Å². The summed E-state index contributed by atoms with van der Waals surface area (Å²) in [6, 6.07) is 1.52. The molecule has 0 atom stereocenters. The molecule has 1 aliphatic carbocycles. The fourth-order valence-electron chi connectivity index (χ4n) is 2.47. The Morgan fingerprint density at radius 2 is 1.70 bits per heavy atom. The molecule has 1 aromatic carbocycles. The first-order valence-electron chi connectivity index (χ1n) is 6.14. The van der Waals surface area contributed by atoms with Gasteiger partial charge >= 0.3 is 0 Å². The summed E-state index contributed by atoms with van der Waals surface area (Å²) in [5.41, 5.74) is 4.86. The maximum Gasteiger partial charge on any atom is 0.231 e. The molecule has 0 radical (unpaired) electrons. The average Bonchev–Trinajstić information content (AvgIpc) is 2.85. The van der Waals surface area contributed by atoms with Crippen LogP contribution >= 0.6 is 12.4 Å². The number of amides is 1. The molecule has 0 aliphatic heterocycles. The Morgan fingerprint density at radius 1 is 1.20 bits per heavy atom. The summed E-state index contributed by atoms with van der Waals surface area (Å²) in [7, 11) is 0. The zero-order valence-corrected chi connectivity index (χ0v) is 11.5. The average molecular weight is 309 g/mol. The van der Waals surface area contributed by atoms with E-state index in [0.29, 0.717) is 12.8 Å². The van der Waals surface area contributed by atoms with Crippen molar-refractivity contribution >= 4 is 24.0 Å². The van der Waals surface area contributed by atoms with Gasteiger partial charge in [0.25, 0.3) is 0 Å². The van der Waals surface area contributed by atoms with Gasteiger partial charge in [0.1, 0.15) is 0 Å². The van der Waals surface area contributed by atoms with Gasteiger partial charge in [0, 0.05) is 24.4 Å². The van der Waals surface area contributed by atoms with Crippen LogP contribution in [0.25, 0.3) is 0 Å². The number of hydrogen-bond acceptors (Lipinski definition) is 2. The van der Waals surface area contributed by atoms with Gasteiger partial charge in [-0.25, -0.2) is 13.2 Å². The zero-order chi connectivity index (χ0) is 14.0. The molecule has 1 amide bonds. The number of hydrogen-bond donors (Lipinski definition) is 2. The Hall–Kier alpha value is -1.27. The predicted molar refractivity (Wildman–Crippen MR) is 72.1 cm³/mol. The molecule has 2 rings (SSSR count). The zero-order valence-electron chi connectivity index (χ0n) is 10.7. The quantitative estimate of drug-likeness (QED) is 0.843. The van der Waals surface area contributed by atoms with Crippen LogP contribution in [0.4, 0.5) is 18.9 Å². The van der Waals surface area contributed by atoms with Crippen LogP contribution in [0, 0.1) is 22.9 Å². The lowest BCUT2D eigenvalue weighted by molar-refractivity contribution is -0.124. The van der Waals surface area contributed by atoms with Crippen molar-refractivity contribution in [1.29, 1.82) is 0 Å². The molecular weight excluding hydrogens is 293 g/mol. The number of benzene rings is 1. The van der Waals surface area contributed by atoms with Crippen LogP contribution in [0.2, 0.25) is 0 Å². The summed E-state index contributed by atoms with van der Waals surface area (Å²) < 4.78 is 38.9. The smallest absolute Gasteiger partial charge is 0.231 e. The first-order valence-corrected chi connectivity index (χ1v) is 6.14. The molecule has 1 aliphatic rings. The molecule has 3 nitrogen and oxygen atoms in total. The van der Waals surface area contributed by atoms with Crippen molar-refractivity contribution in [3.8, 4) is 0 Å².